The summed E-state index contributed by atoms with van der Waals surface area (Å²) in [6.07, 6.45) is 4.88. The second kappa shape index (κ2) is 6.05. The normalized spacial score (nSPS) is 27.7. The van der Waals surface area contributed by atoms with Crippen molar-refractivity contribution < 1.29 is 5.11 Å². The molecule has 0 saturated heterocycles. The lowest BCUT2D eigenvalue weighted by Gasteiger charge is -2.34. The molecular formula is C18H22BrNO. The molecule has 2 aromatic rings. The average molecular weight is 348 g/mol. The SMILES string of the molecule is CC1CC(C)CC(C(O)c2ccc(Br)c3cccnc23)C1. The van der Waals surface area contributed by atoms with Gasteiger partial charge in [0.15, 0.2) is 0 Å². The van der Waals surface area contributed by atoms with Crippen molar-refractivity contribution in [3.8, 4) is 0 Å². The van der Waals surface area contributed by atoms with Crippen LogP contribution in [-0.4, -0.2) is 10.1 Å². The predicted octanol–water partition coefficient (Wildman–Crippen LogP) is 5.10. The second-order valence-electron chi connectivity index (χ2n) is 6.66. The van der Waals surface area contributed by atoms with Crippen LogP contribution in [0, 0.1) is 17.8 Å². The molecule has 3 atom stereocenters. The van der Waals surface area contributed by atoms with Crippen molar-refractivity contribution in [2.45, 2.75) is 39.2 Å². The van der Waals surface area contributed by atoms with E-state index in [2.05, 4.69) is 40.8 Å². The van der Waals surface area contributed by atoms with Crippen LogP contribution in [0.3, 0.4) is 0 Å². The van der Waals surface area contributed by atoms with E-state index in [1.807, 2.05) is 18.2 Å². The summed E-state index contributed by atoms with van der Waals surface area (Å²) < 4.78 is 1.03. The molecule has 0 spiro atoms. The van der Waals surface area contributed by atoms with Crippen LogP contribution in [0.5, 0.6) is 0 Å². The summed E-state index contributed by atoms with van der Waals surface area (Å²) in [5, 5.41) is 12.0. The molecule has 3 unspecified atom stereocenters. The summed E-state index contributed by atoms with van der Waals surface area (Å²) in [6.45, 7) is 4.60. The molecule has 0 radical (unpaired) electrons. The molecular weight excluding hydrogens is 326 g/mol. The fourth-order valence-corrected chi connectivity index (χ4v) is 4.37. The molecule has 3 heteroatoms. The van der Waals surface area contributed by atoms with Gasteiger partial charge in [0.05, 0.1) is 11.6 Å². The molecule has 2 nitrogen and oxygen atoms in total. The van der Waals surface area contributed by atoms with Crippen LogP contribution in [0.4, 0.5) is 0 Å². The van der Waals surface area contributed by atoms with Crippen LogP contribution in [-0.2, 0) is 0 Å². The molecule has 3 rings (SSSR count). The molecule has 1 aliphatic carbocycles. The van der Waals surface area contributed by atoms with Gasteiger partial charge in [0, 0.05) is 21.6 Å². The van der Waals surface area contributed by atoms with E-state index in [1.165, 1.54) is 6.42 Å². The van der Waals surface area contributed by atoms with Gasteiger partial charge in [-0.25, -0.2) is 0 Å². The molecule has 1 saturated carbocycles. The van der Waals surface area contributed by atoms with E-state index in [4.69, 9.17) is 0 Å². The van der Waals surface area contributed by atoms with Crippen LogP contribution in [0.15, 0.2) is 34.9 Å². The molecule has 0 amide bonds. The third kappa shape index (κ3) is 3.00. The highest BCUT2D eigenvalue weighted by Gasteiger charge is 2.30. The summed E-state index contributed by atoms with van der Waals surface area (Å²) in [5.41, 5.74) is 1.89. The number of halogens is 1. The lowest BCUT2D eigenvalue weighted by molar-refractivity contribution is 0.0560. The van der Waals surface area contributed by atoms with Crippen molar-refractivity contribution in [1.29, 1.82) is 0 Å². The monoisotopic (exact) mass is 347 g/mol. The van der Waals surface area contributed by atoms with E-state index in [0.717, 1.165) is 33.8 Å². The lowest BCUT2D eigenvalue weighted by Crippen LogP contribution is -2.24. The number of hydrogen-bond acceptors (Lipinski definition) is 2. The minimum absolute atomic E-state index is 0.343. The molecule has 0 bridgehead atoms. The minimum atomic E-state index is -0.416. The largest absolute Gasteiger partial charge is 0.388 e. The molecule has 1 aliphatic rings. The van der Waals surface area contributed by atoms with E-state index in [9.17, 15) is 5.11 Å². The second-order valence-corrected chi connectivity index (χ2v) is 7.51. The zero-order valence-electron chi connectivity index (χ0n) is 12.6. The van der Waals surface area contributed by atoms with Gasteiger partial charge in [0.25, 0.3) is 0 Å². The molecule has 0 aliphatic heterocycles. The first-order valence-corrected chi connectivity index (χ1v) is 8.56. The Hall–Kier alpha value is -0.930. The number of aromatic nitrogens is 1. The van der Waals surface area contributed by atoms with Crippen LogP contribution in [0.25, 0.3) is 10.9 Å². The molecule has 21 heavy (non-hydrogen) atoms. The molecule has 112 valence electrons. The van der Waals surface area contributed by atoms with Crippen molar-refractivity contribution in [2.24, 2.45) is 17.8 Å². The fourth-order valence-electron chi connectivity index (χ4n) is 3.92. The number of pyridine rings is 1. The molecule has 1 aromatic heterocycles. The van der Waals surface area contributed by atoms with Crippen molar-refractivity contribution in [3.63, 3.8) is 0 Å². The van der Waals surface area contributed by atoms with Gasteiger partial charge in [-0.15, -0.1) is 0 Å². The summed E-state index contributed by atoms with van der Waals surface area (Å²) in [6, 6.07) is 8.04. The Bertz CT molecular complexity index is 632. The van der Waals surface area contributed by atoms with Crippen molar-refractivity contribution in [2.75, 3.05) is 0 Å². The maximum absolute atomic E-state index is 10.9. The van der Waals surface area contributed by atoms with E-state index in [-0.39, 0.29) is 0 Å². The quantitative estimate of drug-likeness (QED) is 0.819. The number of benzene rings is 1. The molecule has 1 fully saturated rings. The number of fused-ring (bicyclic) bond motifs is 1. The van der Waals surface area contributed by atoms with Gasteiger partial charge >= 0.3 is 0 Å². The number of hydrogen-bond donors (Lipinski definition) is 1. The van der Waals surface area contributed by atoms with Gasteiger partial charge in [0.2, 0.25) is 0 Å². The van der Waals surface area contributed by atoms with Gasteiger partial charge in [-0.1, -0.05) is 41.9 Å². The Kier molecular flexibility index (Phi) is 4.32. The maximum Gasteiger partial charge on any atom is 0.0839 e. The Morgan fingerprint density at radius 2 is 1.86 bits per heavy atom. The van der Waals surface area contributed by atoms with Gasteiger partial charge in [-0.3, -0.25) is 4.98 Å². The van der Waals surface area contributed by atoms with Gasteiger partial charge in [0.1, 0.15) is 0 Å². The first-order valence-electron chi connectivity index (χ1n) is 7.77. The highest BCUT2D eigenvalue weighted by molar-refractivity contribution is 9.10. The Morgan fingerprint density at radius 1 is 1.14 bits per heavy atom. The first-order chi connectivity index (χ1) is 10.1. The third-order valence-electron chi connectivity index (χ3n) is 4.73. The minimum Gasteiger partial charge on any atom is -0.388 e. The summed E-state index contributed by atoms with van der Waals surface area (Å²) in [7, 11) is 0. The first kappa shape index (κ1) is 15.0. The summed E-state index contributed by atoms with van der Waals surface area (Å²) >= 11 is 3.57. The highest BCUT2D eigenvalue weighted by atomic mass is 79.9. The Morgan fingerprint density at radius 3 is 2.57 bits per heavy atom. The van der Waals surface area contributed by atoms with E-state index in [0.29, 0.717) is 17.8 Å². The molecule has 1 N–H and O–H groups in total. The average Bonchev–Trinajstić information content (AvgIpc) is 2.46. The lowest BCUT2D eigenvalue weighted by atomic mass is 9.73. The number of nitrogens with zero attached hydrogens (tertiary/aromatic N) is 1. The number of aliphatic hydroxyl groups is 1. The van der Waals surface area contributed by atoms with E-state index >= 15 is 0 Å². The smallest absolute Gasteiger partial charge is 0.0839 e. The summed E-state index contributed by atoms with van der Waals surface area (Å²) in [5.74, 6) is 1.74. The fraction of sp³-hybridized carbons (Fsp3) is 0.500. The van der Waals surface area contributed by atoms with Crippen LogP contribution < -0.4 is 0 Å². The van der Waals surface area contributed by atoms with Gasteiger partial charge in [-0.2, -0.15) is 0 Å². The molecule has 1 heterocycles. The Labute approximate surface area is 134 Å². The number of rotatable bonds is 2. The van der Waals surface area contributed by atoms with Crippen molar-refractivity contribution in [3.05, 3.63) is 40.5 Å². The number of aliphatic hydroxyl groups excluding tert-OH is 1. The van der Waals surface area contributed by atoms with Crippen molar-refractivity contribution >= 4 is 26.8 Å². The summed E-state index contributed by atoms with van der Waals surface area (Å²) in [4.78, 5) is 4.51. The Balaban J connectivity index is 1.98. The van der Waals surface area contributed by atoms with Gasteiger partial charge in [-0.05, 0) is 49.1 Å². The van der Waals surface area contributed by atoms with Gasteiger partial charge < -0.3 is 5.11 Å². The predicted molar refractivity (Wildman–Crippen MR) is 90.1 cm³/mol. The maximum atomic E-state index is 10.9. The van der Waals surface area contributed by atoms with Crippen LogP contribution >= 0.6 is 15.9 Å². The van der Waals surface area contributed by atoms with Crippen LogP contribution in [0.1, 0.15) is 44.8 Å². The topological polar surface area (TPSA) is 33.1 Å². The zero-order valence-corrected chi connectivity index (χ0v) is 14.2. The standard InChI is InChI=1S/C18H22BrNO/c1-11-8-12(2)10-13(9-11)18(21)15-5-6-16(19)14-4-3-7-20-17(14)15/h3-7,11-13,18,21H,8-10H2,1-2H3. The van der Waals surface area contributed by atoms with Crippen LogP contribution in [0.2, 0.25) is 0 Å². The zero-order chi connectivity index (χ0) is 15.0. The molecule has 1 aromatic carbocycles. The third-order valence-corrected chi connectivity index (χ3v) is 5.42. The highest BCUT2D eigenvalue weighted by Crippen LogP contribution is 2.41. The van der Waals surface area contributed by atoms with Crippen molar-refractivity contribution in [1.82, 2.24) is 4.98 Å². The van der Waals surface area contributed by atoms with E-state index < -0.39 is 6.10 Å². The van der Waals surface area contributed by atoms with E-state index in [1.54, 1.807) is 6.20 Å².